The first-order valence-electron chi connectivity index (χ1n) is 6.49. The molecule has 0 radical (unpaired) electrons. The molecule has 1 aromatic carbocycles. The molecule has 1 amide bonds. The van der Waals surface area contributed by atoms with Gasteiger partial charge in [-0.25, -0.2) is 0 Å². The number of nitrogens with one attached hydrogen (secondary N) is 2. The normalized spacial score (nSPS) is 13.3. The fourth-order valence-corrected chi connectivity index (χ4v) is 2.58. The number of para-hydroxylation sites is 1. The molecule has 2 rings (SSSR count). The van der Waals surface area contributed by atoms with Crippen molar-refractivity contribution in [1.29, 1.82) is 0 Å². The van der Waals surface area contributed by atoms with Crippen LogP contribution in [0.3, 0.4) is 0 Å². The van der Waals surface area contributed by atoms with E-state index in [1.165, 1.54) is 0 Å². The Labute approximate surface area is 133 Å². The summed E-state index contributed by atoms with van der Waals surface area (Å²) in [5, 5.41) is 3.45. The minimum absolute atomic E-state index is 0.219. The predicted octanol–water partition coefficient (Wildman–Crippen LogP) is 3.63. The van der Waals surface area contributed by atoms with Crippen LogP contribution in [0.15, 0.2) is 28.7 Å². The van der Waals surface area contributed by atoms with Gasteiger partial charge in [0.2, 0.25) is 0 Å². The highest BCUT2D eigenvalue weighted by molar-refractivity contribution is 9.10. The molecule has 0 aliphatic heterocycles. The Balaban J connectivity index is 1.97. The van der Waals surface area contributed by atoms with Crippen LogP contribution < -0.4 is 5.32 Å². The summed E-state index contributed by atoms with van der Waals surface area (Å²) < 4.78 is 41.1. The number of aromatic amines is 1. The number of alkyl halides is 3. The predicted molar refractivity (Wildman–Crippen MR) is 79.8 cm³/mol. The standard InChI is InChI=1S/C14H14BrF3N2O2/c1-8(6-22-7-14(16,17)18)19-13(21)12-11(15)9-4-2-3-5-10(9)20-12/h2-5,8,20H,6-7H2,1H3,(H,19,21). The van der Waals surface area contributed by atoms with Crippen molar-refractivity contribution in [3.05, 3.63) is 34.4 Å². The maximum Gasteiger partial charge on any atom is 0.411 e. The van der Waals surface area contributed by atoms with Crippen molar-refractivity contribution in [3.8, 4) is 0 Å². The quantitative estimate of drug-likeness (QED) is 0.834. The van der Waals surface area contributed by atoms with E-state index in [2.05, 4.69) is 31.0 Å². The second kappa shape index (κ2) is 6.70. The van der Waals surface area contributed by atoms with Gasteiger partial charge in [-0.05, 0) is 28.9 Å². The van der Waals surface area contributed by atoms with Crippen molar-refractivity contribution in [2.75, 3.05) is 13.2 Å². The van der Waals surface area contributed by atoms with Gasteiger partial charge in [0.1, 0.15) is 12.3 Å². The molecule has 0 bridgehead atoms. The van der Waals surface area contributed by atoms with E-state index in [1.54, 1.807) is 6.92 Å². The molecule has 2 N–H and O–H groups in total. The number of carbonyl (C=O) groups is 1. The summed E-state index contributed by atoms with van der Waals surface area (Å²) in [6, 6.07) is 6.81. The Morgan fingerprint density at radius 3 is 2.73 bits per heavy atom. The second-order valence-corrected chi connectivity index (χ2v) is 5.66. The van der Waals surface area contributed by atoms with Crippen LogP contribution in [-0.4, -0.2) is 36.3 Å². The molecule has 0 aliphatic rings. The number of halogens is 4. The Morgan fingerprint density at radius 2 is 2.09 bits per heavy atom. The smallest absolute Gasteiger partial charge is 0.370 e. The van der Waals surface area contributed by atoms with E-state index in [9.17, 15) is 18.0 Å². The van der Waals surface area contributed by atoms with E-state index >= 15 is 0 Å². The van der Waals surface area contributed by atoms with Gasteiger partial charge in [-0.2, -0.15) is 13.2 Å². The topological polar surface area (TPSA) is 54.1 Å². The van der Waals surface area contributed by atoms with Crippen LogP contribution in [0.1, 0.15) is 17.4 Å². The van der Waals surface area contributed by atoms with E-state index in [0.717, 1.165) is 10.9 Å². The number of hydrogen-bond acceptors (Lipinski definition) is 2. The van der Waals surface area contributed by atoms with Gasteiger partial charge in [0.05, 0.1) is 11.1 Å². The van der Waals surface area contributed by atoms with Gasteiger partial charge in [0, 0.05) is 16.9 Å². The zero-order valence-electron chi connectivity index (χ0n) is 11.6. The number of ether oxygens (including phenoxy) is 1. The van der Waals surface area contributed by atoms with Crippen molar-refractivity contribution in [1.82, 2.24) is 10.3 Å². The summed E-state index contributed by atoms with van der Waals surface area (Å²) in [5.41, 5.74) is 1.12. The van der Waals surface area contributed by atoms with Crippen LogP contribution in [0.25, 0.3) is 10.9 Å². The van der Waals surface area contributed by atoms with Gasteiger partial charge in [0.25, 0.3) is 5.91 Å². The van der Waals surface area contributed by atoms with E-state index in [-0.39, 0.29) is 6.61 Å². The molecule has 1 unspecified atom stereocenters. The summed E-state index contributed by atoms with van der Waals surface area (Å²) in [6.45, 7) is 0.0250. The summed E-state index contributed by atoms with van der Waals surface area (Å²) in [6.07, 6.45) is -4.37. The second-order valence-electron chi connectivity index (χ2n) is 4.86. The lowest BCUT2D eigenvalue weighted by Crippen LogP contribution is -2.37. The number of aromatic nitrogens is 1. The third-order valence-electron chi connectivity index (χ3n) is 2.88. The van der Waals surface area contributed by atoms with E-state index in [0.29, 0.717) is 10.2 Å². The van der Waals surface area contributed by atoms with Crippen molar-refractivity contribution in [3.63, 3.8) is 0 Å². The SMILES string of the molecule is CC(COCC(F)(F)F)NC(=O)c1[nH]c2ccccc2c1Br. The van der Waals surface area contributed by atoms with Crippen molar-refractivity contribution in [2.24, 2.45) is 0 Å². The molecule has 0 saturated heterocycles. The fourth-order valence-electron chi connectivity index (χ4n) is 1.95. The maximum atomic E-state index is 12.2. The third-order valence-corrected chi connectivity index (χ3v) is 3.70. The van der Waals surface area contributed by atoms with Gasteiger partial charge >= 0.3 is 6.18 Å². The lowest BCUT2D eigenvalue weighted by atomic mass is 10.2. The highest BCUT2D eigenvalue weighted by Gasteiger charge is 2.27. The van der Waals surface area contributed by atoms with Gasteiger partial charge in [-0.1, -0.05) is 18.2 Å². The lowest BCUT2D eigenvalue weighted by Gasteiger charge is -2.14. The third kappa shape index (κ3) is 4.23. The van der Waals surface area contributed by atoms with Gasteiger partial charge in [0.15, 0.2) is 0 Å². The summed E-state index contributed by atoms with van der Waals surface area (Å²) >= 11 is 3.35. The zero-order chi connectivity index (χ0) is 16.3. The first-order valence-corrected chi connectivity index (χ1v) is 7.29. The van der Waals surface area contributed by atoms with Gasteiger partial charge < -0.3 is 15.0 Å². The summed E-state index contributed by atoms with van der Waals surface area (Å²) in [7, 11) is 0. The summed E-state index contributed by atoms with van der Waals surface area (Å²) in [5.74, 6) is -0.411. The van der Waals surface area contributed by atoms with Crippen molar-refractivity contribution in [2.45, 2.75) is 19.1 Å². The molecule has 0 spiro atoms. The first kappa shape index (κ1) is 16.8. The van der Waals surface area contributed by atoms with Crippen LogP contribution in [0.2, 0.25) is 0 Å². The minimum atomic E-state index is -4.37. The number of benzene rings is 1. The minimum Gasteiger partial charge on any atom is -0.370 e. The van der Waals surface area contributed by atoms with Crippen molar-refractivity contribution < 1.29 is 22.7 Å². The van der Waals surface area contributed by atoms with E-state index < -0.39 is 24.7 Å². The number of carbonyl (C=O) groups excluding carboxylic acids is 1. The van der Waals surface area contributed by atoms with Crippen LogP contribution in [0.4, 0.5) is 13.2 Å². The van der Waals surface area contributed by atoms with E-state index in [1.807, 2.05) is 24.3 Å². The monoisotopic (exact) mass is 378 g/mol. The molecular weight excluding hydrogens is 365 g/mol. The van der Waals surface area contributed by atoms with Crippen LogP contribution >= 0.6 is 15.9 Å². The summed E-state index contributed by atoms with van der Waals surface area (Å²) in [4.78, 5) is 15.1. The highest BCUT2D eigenvalue weighted by Crippen LogP contribution is 2.27. The Kier molecular flexibility index (Phi) is 5.12. The largest absolute Gasteiger partial charge is 0.411 e. The fraction of sp³-hybridized carbons (Fsp3) is 0.357. The molecule has 2 aromatic rings. The molecule has 1 heterocycles. The van der Waals surface area contributed by atoms with Crippen LogP contribution in [0.5, 0.6) is 0 Å². The number of rotatable bonds is 5. The molecular formula is C14H14BrF3N2O2. The molecule has 0 saturated carbocycles. The Morgan fingerprint density at radius 1 is 1.41 bits per heavy atom. The highest BCUT2D eigenvalue weighted by atomic mass is 79.9. The lowest BCUT2D eigenvalue weighted by molar-refractivity contribution is -0.174. The Bertz CT molecular complexity index is 670. The number of fused-ring (bicyclic) bond motifs is 1. The zero-order valence-corrected chi connectivity index (χ0v) is 13.2. The Hall–Kier alpha value is -1.54. The van der Waals surface area contributed by atoms with Crippen LogP contribution in [-0.2, 0) is 4.74 Å². The molecule has 1 atom stereocenters. The first-order chi connectivity index (χ1) is 10.3. The van der Waals surface area contributed by atoms with Crippen LogP contribution in [0, 0.1) is 0 Å². The average molecular weight is 379 g/mol. The van der Waals surface area contributed by atoms with Gasteiger partial charge in [-0.15, -0.1) is 0 Å². The van der Waals surface area contributed by atoms with Gasteiger partial charge in [-0.3, -0.25) is 4.79 Å². The molecule has 0 aliphatic carbocycles. The molecule has 1 aromatic heterocycles. The van der Waals surface area contributed by atoms with E-state index in [4.69, 9.17) is 0 Å². The molecule has 22 heavy (non-hydrogen) atoms. The molecule has 0 fully saturated rings. The number of amides is 1. The maximum absolute atomic E-state index is 12.2. The molecule has 4 nitrogen and oxygen atoms in total. The average Bonchev–Trinajstić information content (AvgIpc) is 2.75. The molecule has 8 heteroatoms. The number of hydrogen-bond donors (Lipinski definition) is 2. The molecule has 120 valence electrons. The number of H-pyrrole nitrogens is 1. The van der Waals surface area contributed by atoms with Crippen molar-refractivity contribution >= 4 is 32.7 Å².